The van der Waals surface area contributed by atoms with Crippen LogP contribution in [-0.4, -0.2) is 11.4 Å². The van der Waals surface area contributed by atoms with Crippen LogP contribution in [0.2, 0.25) is 0 Å². The van der Waals surface area contributed by atoms with Gasteiger partial charge in [-0.2, -0.15) is 0 Å². The van der Waals surface area contributed by atoms with Gasteiger partial charge >= 0.3 is 0 Å². The standard InChI is InChI=1S/C18H12F2O2.C2H6.U/c1-11(19)14(20)9-12-4-5-15-13(8-12)16(21)17-6-2-3-7-18(17,10-17)22-15;1-2;/h2-9H,1,10H2;1-2H3;/b14-9+;;. The number of benzene rings is 1. The molecule has 3 aliphatic rings. The molecule has 2 aliphatic carbocycles. The Morgan fingerprint density at radius 2 is 1.92 bits per heavy atom. The second-order valence-electron chi connectivity index (χ2n) is 5.84. The fraction of sp³-hybridized carbons (Fsp3) is 0.250. The van der Waals surface area contributed by atoms with E-state index >= 15 is 0 Å². The molecule has 2 unspecified atom stereocenters. The maximum Gasteiger partial charge on any atom is 0.181 e. The molecule has 1 aliphatic heterocycles. The average Bonchev–Trinajstić information content (AvgIpc) is 3.28. The molecule has 2 atom stereocenters. The maximum absolute atomic E-state index is 13.3. The van der Waals surface area contributed by atoms with Crippen LogP contribution in [0.25, 0.3) is 6.08 Å². The monoisotopic (exact) mass is 566 g/mol. The van der Waals surface area contributed by atoms with E-state index in [1.165, 1.54) is 6.07 Å². The van der Waals surface area contributed by atoms with Crippen LogP contribution in [0, 0.1) is 36.5 Å². The van der Waals surface area contributed by atoms with Gasteiger partial charge in [0.1, 0.15) is 11.4 Å². The fourth-order valence-corrected chi connectivity index (χ4v) is 3.28. The minimum Gasteiger partial charge on any atom is -0.481 e. The molecule has 0 spiro atoms. The number of hydrogen-bond acceptors (Lipinski definition) is 2. The molecule has 1 aromatic carbocycles. The van der Waals surface area contributed by atoms with Crippen molar-refractivity contribution in [3.63, 3.8) is 0 Å². The van der Waals surface area contributed by atoms with E-state index in [1.807, 2.05) is 38.2 Å². The molecule has 128 valence electrons. The quantitative estimate of drug-likeness (QED) is 0.453. The zero-order chi connectivity index (χ0) is 17.5. The first kappa shape index (κ1) is 19.9. The fourth-order valence-electron chi connectivity index (χ4n) is 3.28. The zero-order valence-electron chi connectivity index (χ0n) is 14.1. The first-order chi connectivity index (χ1) is 11.5. The van der Waals surface area contributed by atoms with Crippen molar-refractivity contribution in [1.82, 2.24) is 0 Å². The molecular formula is C20H18F2O2U. The van der Waals surface area contributed by atoms with Gasteiger partial charge < -0.3 is 4.74 Å². The van der Waals surface area contributed by atoms with E-state index in [1.54, 1.807) is 12.1 Å². The van der Waals surface area contributed by atoms with Gasteiger partial charge in [0.15, 0.2) is 17.4 Å². The number of carbonyl (C=O) groups is 1. The average molecular weight is 566 g/mol. The van der Waals surface area contributed by atoms with Gasteiger partial charge in [0.05, 0.1) is 11.0 Å². The molecule has 1 fully saturated rings. The van der Waals surface area contributed by atoms with Crippen LogP contribution >= 0.6 is 0 Å². The number of allylic oxidation sites excluding steroid dienone is 4. The molecule has 0 aromatic heterocycles. The van der Waals surface area contributed by atoms with Crippen molar-refractivity contribution >= 4 is 11.9 Å². The van der Waals surface area contributed by atoms with E-state index in [2.05, 4.69) is 6.58 Å². The summed E-state index contributed by atoms with van der Waals surface area (Å²) in [4.78, 5) is 12.8. The Morgan fingerprint density at radius 3 is 2.60 bits per heavy atom. The number of Topliss-reactive ketones (excluding diaryl/α,β-unsaturated/α-hetero) is 1. The molecule has 1 aromatic rings. The van der Waals surface area contributed by atoms with Gasteiger partial charge in [0.2, 0.25) is 0 Å². The van der Waals surface area contributed by atoms with Gasteiger partial charge in [-0.15, -0.1) is 0 Å². The third-order valence-electron chi connectivity index (χ3n) is 4.53. The number of halogens is 2. The van der Waals surface area contributed by atoms with Gasteiger partial charge in [0.25, 0.3) is 0 Å². The summed E-state index contributed by atoms with van der Waals surface area (Å²) in [6.45, 7) is 6.91. The van der Waals surface area contributed by atoms with Crippen LogP contribution < -0.4 is 4.74 Å². The SMILES string of the molecule is C=C(F)/C(F)=C\c1ccc2c(c1)C(=O)C13C=CC=CC1(C3)O2.CC.[U]. The number of carbonyl (C=O) groups excluding carboxylic acids is 1. The first-order valence-electron chi connectivity index (χ1n) is 7.94. The molecule has 1 saturated carbocycles. The molecule has 25 heavy (non-hydrogen) atoms. The van der Waals surface area contributed by atoms with Gasteiger partial charge in [-0.25, -0.2) is 8.78 Å². The predicted octanol–water partition coefficient (Wildman–Crippen LogP) is 5.34. The van der Waals surface area contributed by atoms with Gasteiger partial charge in [-0.1, -0.05) is 44.7 Å². The van der Waals surface area contributed by atoms with E-state index in [0.29, 0.717) is 23.3 Å². The van der Waals surface area contributed by atoms with Crippen molar-refractivity contribution in [2.75, 3.05) is 0 Å². The molecule has 5 heteroatoms. The Labute approximate surface area is 169 Å². The van der Waals surface area contributed by atoms with Gasteiger partial charge in [-0.05, 0) is 29.8 Å². The van der Waals surface area contributed by atoms with Crippen molar-refractivity contribution in [2.45, 2.75) is 25.9 Å². The summed E-state index contributed by atoms with van der Waals surface area (Å²) in [5.41, 5.74) is -0.410. The number of fused-ring (bicyclic) bond motifs is 1. The van der Waals surface area contributed by atoms with Crippen LogP contribution in [0.4, 0.5) is 8.78 Å². The molecule has 0 bridgehead atoms. The van der Waals surface area contributed by atoms with Crippen LogP contribution in [-0.2, 0) is 0 Å². The van der Waals surface area contributed by atoms with Crippen molar-refractivity contribution in [1.29, 1.82) is 0 Å². The number of rotatable bonds is 2. The van der Waals surface area contributed by atoms with Crippen LogP contribution in [0.15, 0.2) is 60.7 Å². The minimum atomic E-state index is -1.14. The summed E-state index contributed by atoms with van der Waals surface area (Å²) in [7, 11) is 0. The number of ketones is 1. The maximum atomic E-state index is 13.3. The van der Waals surface area contributed by atoms with E-state index in [0.717, 1.165) is 6.08 Å². The Kier molecular flexibility index (Phi) is 5.61. The van der Waals surface area contributed by atoms with E-state index in [-0.39, 0.29) is 36.9 Å². The van der Waals surface area contributed by atoms with Crippen LogP contribution in [0.1, 0.15) is 36.2 Å². The molecule has 2 nitrogen and oxygen atoms in total. The largest absolute Gasteiger partial charge is 0.481 e. The van der Waals surface area contributed by atoms with Gasteiger partial charge in [0, 0.05) is 37.5 Å². The van der Waals surface area contributed by atoms with Crippen LogP contribution in [0.3, 0.4) is 0 Å². The topological polar surface area (TPSA) is 26.3 Å². The van der Waals surface area contributed by atoms with E-state index in [9.17, 15) is 13.6 Å². The van der Waals surface area contributed by atoms with Crippen molar-refractivity contribution in [3.8, 4) is 5.75 Å². The first-order valence-corrected chi connectivity index (χ1v) is 7.94. The predicted molar refractivity (Wildman–Crippen MR) is 90.1 cm³/mol. The Balaban J connectivity index is 0.000000726. The third-order valence-corrected chi connectivity index (χ3v) is 4.53. The molecule has 0 amide bonds. The Hall–Kier alpha value is -1.44. The zero-order valence-corrected chi connectivity index (χ0v) is 18.3. The van der Waals surface area contributed by atoms with Crippen molar-refractivity contribution in [3.05, 3.63) is 71.9 Å². The summed E-state index contributed by atoms with van der Waals surface area (Å²) in [6, 6.07) is 4.74. The Bertz CT molecular complexity index is 825. The molecule has 1 heterocycles. The summed E-state index contributed by atoms with van der Waals surface area (Å²) in [5.74, 6) is -1.75. The smallest absolute Gasteiger partial charge is 0.181 e. The number of ether oxygens (including phenoxy) is 1. The van der Waals surface area contributed by atoms with E-state index in [4.69, 9.17) is 4.74 Å². The molecule has 0 radical (unpaired) electrons. The van der Waals surface area contributed by atoms with E-state index < -0.39 is 22.7 Å². The molecule has 4 rings (SSSR count). The van der Waals surface area contributed by atoms with Crippen molar-refractivity contribution in [2.24, 2.45) is 5.41 Å². The molecular weight excluding hydrogens is 548 g/mol. The van der Waals surface area contributed by atoms with Crippen molar-refractivity contribution < 1.29 is 49.4 Å². The minimum absolute atomic E-state index is 0. The molecule has 0 N–H and O–H groups in total. The third kappa shape index (κ3) is 2.98. The number of hydrogen-bond donors (Lipinski definition) is 0. The van der Waals surface area contributed by atoms with Gasteiger partial charge in [-0.3, -0.25) is 4.79 Å². The summed E-state index contributed by atoms with van der Waals surface area (Å²) >= 11 is 0. The summed E-state index contributed by atoms with van der Waals surface area (Å²) in [5, 5.41) is 0. The second kappa shape index (κ2) is 7.05. The summed E-state index contributed by atoms with van der Waals surface area (Å²) < 4.78 is 32.1. The normalized spacial score (nSPS) is 27.5. The Morgan fingerprint density at radius 1 is 1.24 bits per heavy atom. The second-order valence-corrected chi connectivity index (χ2v) is 5.84. The van der Waals surface area contributed by atoms with Crippen LogP contribution in [0.5, 0.6) is 5.75 Å². The summed E-state index contributed by atoms with van der Waals surface area (Å²) in [6.07, 6.45) is 9.12. The molecule has 0 saturated heterocycles.